The van der Waals surface area contributed by atoms with Crippen LogP contribution in [0.4, 0.5) is 0 Å². The summed E-state index contributed by atoms with van der Waals surface area (Å²) < 4.78 is 0. The Hall–Kier alpha value is -2.75. The molecule has 1 atom stereocenters. The second kappa shape index (κ2) is 7.47. The molecule has 134 valence electrons. The summed E-state index contributed by atoms with van der Waals surface area (Å²) in [6.45, 7) is 0. The van der Waals surface area contributed by atoms with E-state index < -0.39 is 0 Å². The molecule has 3 aromatic rings. The molecular weight excluding hydrogens is 379 g/mol. The molecule has 0 saturated heterocycles. The van der Waals surface area contributed by atoms with E-state index in [1.807, 2.05) is 66.7 Å². The number of hydrogen-bond acceptors (Lipinski definition) is 2. The largest absolute Gasteiger partial charge is 0.295 e. The molecule has 1 N–H and O–H groups in total. The first-order chi connectivity index (χ1) is 13.1. The normalized spacial score (nSPS) is 16.0. The van der Waals surface area contributed by atoms with E-state index in [1.54, 1.807) is 23.2 Å². The molecule has 27 heavy (non-hydrogen) atoms. The molecule has 0 aliphatic carbocycles. The lowest BCUT2D eigenvalue weighted by Crippen LogP contribution is -2.39. The van der Waals surface area contributed by atoms with Crippen molar-refractivity contribution >= 4 is 34.8 Å². The van der Waals surface area contributed by atoms with Crippen LogP contribution >= 0.6 is 23.2 Å². The van der Waals surface area contributed by atoms with Crippen molar-refractivity contribution in [3.05, 3.63) is 112 Å². The number of carbonyl (C=O) groups is 1. The van der Waals surface area contributed by atoms with Gasteiger partial charge in [-0.25, -0.2) is 5.01 Å². The van der Waals surface area contributed by atoms with Crippen LogP contribution in [0, 0.1) is 0 Å². The van der Waals surface area contributed by atoms with Gasteiger partial charge in [-0.3, -0.25) is 10.2 Å². The molecule has 0 fully saturated rings. The molecular formula is C22H16Cl2N2O. The number of halogens is 2. The Morgan fingerprint density at radius 2 is 1.56 bits per heavy atom. The van der Waals surface area contributed by atoms with Crippen LogP contribution < -0.4 is 5.43 Å². The number of hydrogen-bond donors (Lipinski definition) is 1. The highest BCUT2D eigenvalue weighted by Gasteiger charge is 2.32. The summed E-state index contributed by atoms with van der Waals surface area (Å²) >= 11 is 12.2. The number of rotatable bonds is 3. The third-order valence-corrected chi connectivity index (χ3v) is 5.00. The van der Waals surface area contributed by atoms with Crippen molar-refractivity contribution in [2.45, 2.75) is 6.04 Å². The maximum atomic E-state index is 13.2. The number of nitrogens with one attached hydrogen (secondary N) is 1. The van der Waals surface area contributed by atoms with Crippen molar-refractivity contribution in [3.8, 4) is 0 Å². The lowest BCUT2D eigenvalue weighted by atomic mass is 10.0. The highest BCUT2D eigenvalue weighted by molar-refractivity contribution is 6.36. The van der Waals surface area contributed by atoms with Gasteiger partial charge in [0.2, 0.25) is 0 Å². The molecule has 1 heterocycles. The van der Waals surface area contributed by atoms with E-state index in [-0.39, 0.29) is 11.9 Å². The summed E-state index contributed by atoms with van der Waals surface area (Å²) in [4.78, 5) is 13.2. The van der Waals surface area contributed by atoms with Gasteiger partial charge in [0, 0.05) is 5.02 Å². The van der Waals surface area contributed by atoms with Crippen molar-refractivity contribution in [1.29, 1.82) is 0 Å². The first-order valence-corrected chi connectivity index (χ1v) is 9.26. The van der Waals surface area contributed by atoms with Crippen LogP contribution in [0.15, 0.2) is 84.9 Å². The summed E-state index contributed by atoms with van der Waals surface area (Å²) in [6, 6.07) is 24.4. The van der Waals surface area contributed by atoms with Crippen LogP contribution in [-0.2, 0) is 0 Å². The third-order valence-electron chi connectivity index (χ3n) is 4.45. The Morgan fingerprint density at radius 3 is 2.22 bits per heavy atom. The molecule has 5 heteroatoms. The summed E-state index contributed by atoms with van der Waals surface area (Å²) in [7, 11) is 0. The van der Waals surface area contributed by atoms with Gasteiger partial charge in [0.1, 0.15) is 0 Å². The number of nitrogens with zero attached hydrogens (tertiary/aromatic N) is 1. The number of benzene rings is 3. The smallest absolute Gasteiger partial charge is 0.274 e. The summed E-state index contributed by atoms with van der Waals surface area (Å²) in [5.41, 5.74) is 6.55. The minimum Gasteiger partial charge on any atom is -0.295 e. The van der Waals surface area contributed by atoms with E-state index in [1.165, 1.54) is 0 Å². The Labute approximate surface area is 167 Å². The maximum Gasteiger partial charge on any atom is 0.274 e. The highest BCUT2D eigenvalue weighted by Crippen LogP contribution is 2.33. The Bertz CT molecular complexity index is 1000. The van der Waals surface area contributed by atoms with E-state index >= 15 is 0 Å². The molecule has 0 saturated carbocycles. The average molecular weight is 395 g/mol. The minimum atomic E-state index is -0.249. The van der Waals surface area contributed by atoms with E-state index in [0.29, 0.717) is 15.6 Å². The van der Waals surface area contributed by atoms with E-state index in [2.05, 4.69) is 5.43 Å². The van der Waals surface area contributed by atoms with Crippen LogP contribution in [0.25, 0.3) is 5.70 Å². The number of hydrazine groups is 1. The van der Waals surface area contributed by atoms with Crippen molar-refractivity contribution in [3.63, 3.8) is 0 Å². The lowest BCUT2D eigenvalue weighted by Gasteiger charge is -2.26. The van der Waals surface area contributed by atoms with Crippen LogP contribution in [0.5, 0.6) is 0 Å². The fraction of sp³-hybridized carbons (Fsp3) is 0.0455. The van der Waals surface area contributed by atoms with Gasteiger partial charge in [-0.15, -0.1) is 0 Å². The lowest BCUT2D eigenvalue weighted by molar-refractivity contribution is 0.0673. The molecule has 0 radical (unpaired) electrons. The molecule has 1 aliphatic heterocycles. The molecule has 3 aromatic carbocycles. The fourth-order valence-corrected chi connectivity index (χ4v) is 3.60. The molecule has 1 amide bonds. The second-order valence-corrected chi connectivity index (χ2v) is 7.06. The van der Waals surface area contributed by atoms with Crippen molar-refractivity contribution in [1.82, 2.24) is 10.4 Å². The molecule has 4 rings (SSSR count). The first kappa shape index (κ1) is 17.7. The van der Waals surface area contributed by atoms with Crippen LogP contribution in [0.1, 0.15) is 27.5 Å². The standard InChI is InChI=1S/C22H16Cl2N2O/c23-17-11-12-18(19(24)13-17)22(27)26-21(16-9-5-2-6-10-16)14-20(25-26)15-7-3-1-4-8-15/h1-14,21,25H/t21-/m0/s1. The van der Waals surface area contributed by atoms with E-state index in [0.717, 1.165) is 16.8 Å². The molecule has 0 unspecified atom stereocenters. The zero-order valence-electron chi connectivity index (χ0n) is 14.3. The van der Waals surface area contributed by atoms with Gasteiger partial charge in [0.05, 0.1) is 22.3 Å². The topological polar surface area (TPSA) is 32.3 Å². The van der Waals surface area contributed by atoms with Crippen LogP contribution in [-0.4, -0.2) is 10.9 Å². The second-order valence-electron chi connectivity index (χ2n) is 6.21. The van der Waals surface area contributed by atoms with Crippen LogP contribution in [0.2, 0.25) is 10.0 Å². The van der Waals surface area contributed by atoms with E-state index in [9.17, 15) is 4.79 Å². The summed E-state index contributed by atoms with van der Waals surface area (Å²) in [6.07, 6.45) is 2.05. The quantitative estimate of drug-likeness (QED) is 0.614. The van der Waals surface area contributed by atoms with Crippen molar-refractivity contribution in [2.24, 2.45) is 0 Å². The Balaban J connectivity index is 1.73. The van der Waals surface area contributed by atoms with Gasteiger partial charge in [0.25, 0.3) is 5.91 Å². The predicted molar refractivity (Wildman–Crippen MR) is 109 cm³/mol. The Morgan fingerprint density at radius 1 is 0.889 bits per heavy atom. The van der Waals surface area contributed by atoms with Gasteiger partial charge in [-0.05, 0) is 35.4 Å². The third kappa shape index (κ3) is 3.57. The molecule has 0 bridgehead atoms. The van der Waals surface area contributed by atoms with Gasteiger partial charge >= 0.3 is 0 Å². The molecule has 0 spiro atoms. The fourth-order valence-electron chi connectivity index (χ4n) is 3.11. The van der Waals surface area contributed by atoms with Gasteiger partial charge in [0.15, 0.2) is 0 Å². The van der Waals surface area contributed by atoms with Crippen LogP contribution in [0.3, 0.4) is 0 Å². The average Bonchev–Trinajstić information content (AvgIpc) is 3.14. The van der Waals surface area contributed by atoms with Gasteiger partial charge in [-0.2, -0.15) is 0 Å². The molecule has 1 aliphatic rings. The Kier molecular flexibility index (Phi) is 4.88. The first-order valence-electron chi connectivity index (χ1n) is 8.51. The number of amides is 1. The maximum absolute atomic E-state index is 13.2. The minimum absolute atomic E-state index is 0.215. The number of carbonyl (C=O) groups excluding carboxylic acids is 1. The summed E-state index contributed by atoms with van der Waals surface area (Å²) in [5.74, 6) is -0.215. The SMILES string of the molecule is O=C(c1ccc(Cl)cc1Cl)N1NC(c2ccccc2)=C[C@H]1c1ccccc1. The molecule has 3 nitrogen and oxygen atoms in total. The summed E-state index contributed by atoms with van der Waals surface area (Å²) in [5, 5.41) is 2.43. The highest BCUT2D eigenvalue weighted by atomic mass is 35.5. The van der Waals surface area contributed by atoms with E-state index in [4.69, 9.17) is 23.2 Å². The van der Waals surface area contributed by atoms with Crippen molar-refractivity contribution in [2.75, 3.05) is 0 Å². The zero-order chi connectivity index (χ0) is 18.8. The molecule has 0 aromatic heterocycles. The van der Waals surface area contributed by atoms with Gasteiger partial charge < -0.3 is 0 Å². The van der Waals surface area contributed by atoms with Crippen molar-refractivity contribution < 1.29 is 4.79 Å². The van der Waals surface area contributed by atoms with Gasteiger partial charge in [-0.1, -0.05) is 83.9 Å². The monoisotopic (exact) mass is 394 g/mol. The predicted octanol–water partition coefficient (Wildman–Crippen LogP) is 5.74. The zero-order valence-corrected chi connectivity index (χ0v) is 15.8.